The van der Waals surface area contributed by atoms with E-state index in [0.29, 0.717) is 22.5 Å². The van der Waals surface area contributed by atoms with Crippen molar-refractivity contribution in [3.63, 3.8) is 0 Å². The van der Waals surface area contributed by atoms with E-state index < -0.39 is 11.9 Å². The fourth-order valence-electron chi connectivity index (χ4n) is 3.18. The maximum absolute atomic E-state index is 12.5. The number of dihydropyridines is 1. The van der Waals surface area contributed by atoms with Crippen molar-refractivity contribution in [2.75, 3.05) is 13.0 Å². The summed E-state index contributed by atoms with van der Waals surface area (Å²) in [5.41, 5.74) is 3.67. The largest absolute Gasteiger partial charge is 0.466 e. The van der Waals surface area contributed by atoms with E-state index in [1.165, 1.54) is 7.11 Å². The Morgan fingerprint density at radius 3 is 2.84 bits per heavy atom. The van der Waals surface area contributed by atoms with Crippen LogP contribution in [-0.4, -0.2) is 23.9 Å². The number of nitrogens with zero attached hydrogens (tertiary/aromatic N) is 2. The number of methoxy groups -OCH3 is 1. The number of fused-ring (bicyclic) bond motifs is 1. The molecule has 0 bridgehead atoms. The second-order valence-electron chi connectivity index (χ2n) is 5.64. The standard InChI is InChI=1S/C19H16ClN3O2/c1-11-14(10-21)17(18(19(24)25-2)16(9-20)23-11)13-7-8-22-15-6-4-3-5-12(13)15/h3-8,17,23H,9H2,1-2H3/t17-/m0/s1. The van der Waals surface area contributed by atoms with Gasteiger partial charge in [-0.1, -0.05) is 18.2 Å². The average Bonchev–Trinajstić information content (AvgIpc) is 2.66. The zero-order chi connectivity index (χ0) is 18.0. The Bertz CT molecular complexity index is 951. The van der Waals surface area contributed by atoms with E-state index in [-0.39, 0.29) is 5.88 Å². The van der Waals surface area contributed by atoms with Gasteiger partial charge in [-0.2, -0.15) is 5.26 Å². The number of benzene rings is 1. The van der Waals surface area contributed by atoms with Crippen LogP contribution in [0.25, 0.3) is 10.9 Å². The molecular weight excluding hydrogens is 338 g/mol. The topological polar surface area (TPSA) is 75.0 Å². The molecule has 1 aromatic carbocycles. The number of allylic oxidation sites excluding steroid dienone is 3. The SMILES string of the molecule is COC(=O)C1=C(CCl)NC(C)=C(C#N)[C@@H]1c1ccnc2ccccc12. The first-order valence-corrected chi connectivity index (χ1v) is 8.24. The number of para-hydroxylation sites is 1. The number of nitriles is 1. The number of carbonyl (C=O) groups is 1. The number of halogens is 1. The van der Waals surface area contributed by atoms with E-state index in [1.54, 1.807) is 13.1 Å². The minimum Gasteiger partial charge on any atom is -0.466 e. The summed E-state index contributed by atoms with van der Waals surface area (Å²) in [6.45, 7) is 1.80. The van der Waals surface area contributed by atoms with Crippen molar-refractivity contribution in [2.24, 2.45) is 0 Å². The molecule has 2 heterocycles. The molecule has 1 atom stereocenters. The number of rotatable bonds is 3. The van der Waals surface area contributed by atoms with Gasteiger partial charge in [0.15, 0.2) is 0 Å². The molecule has 1 aliphatic heterocycles. The number of hydrogen-bond donors (Lipinski definition) is 1. The molecule has 0 unspecified atom stereocenters. The first kappa shape index (κ1) is 17.0. The molecule has 6 heteroatoms. The number of aromatic nitrogens is 1. The van der Waals surface area contributed by atoms with Gasteiger partial charge >= 0.3 is 5.97 Å². The summed E-state index contributed by atoms with van der Waals surface area (Å²) in [4.78, 5) is 16.9. The van der Waals surface area contributed by atoms with Gasteiger partial charge in [-0.25, -0.2) is 4.79 Å². The van der Waals surface area contributed by atoms with E-state index in [1.807, 2.05) is 30.3 Å². The third-order valence-corrected chi connectivity index (χ3v) is 4.57. The molecule has 25 heavy (non-hydrogen) atoms. The molecule has 0 saturated heterocycles. The maximum atomic E-state index is 12.5. The van der Waals surface area contributed by atoms with E-state index in [4.69, 9.17) is 16.3 Å². The number of pyridine rings is 1. The van der Waals surface area contributed by atoms with Crippen molar-refractivity contribution < 1.29 is 9.53 Å². The molecule has 5 nitrogen and oxygen atoms in total. The summed E-state index contributed by atoms with van der Waals surface area (Å²) in [7, 11) is 1.32. The molecule has 0 amide bonds. The van der Waals surface area contributed by atoms with Crippen LogP contribution in [0.3, 0.4) is 0 Å². The monoisotopic (exact) mass is 353 g/mol. The summed E-state index contributed by atoms with van der Waals surface area (Å²) in [5, 5.41) is 13.7. The van der Waals surface area contributed by atoms with Crippen LogP contribution in [0.15, 0.2) is 59.1 Å². The highest BCUT2D eigenvalue weighted by Crippen LogP contribution is 2.40. The fourth-order valence-corrected chi connectivity index (χ4v) is 3.39. The first-order chi connectivity index (χ1) is 12.1. The number of alkyl halides is 1. The Kier molecular flexibility index (Phi) is 4.73. The minimum atomic E-state index is -0.555. The van der Waals surface area contributed by atoms with Crippen LogP contribution in [0.5, 0.6) is 0 Å². The molecule has 126 valence electrons. The summed E-state index contributed by atoms with van der Waals surface area (Å²) in [6, 6.07) is 11.7. The van der Waals surface area contributed by atoms with Crippen molar-refractivity contribution in [2.45, 2.75) is 12.8 Å². The van der Waals surface area contributed by atoms with Crippen LogP contribution < -0.4 is 5.32 Å². The normalized spacial score (nSPS) is 17.3. The number of nitrogens with one attached hydrogen (secondary N) is 1. The van der Waals surface area contributed by atoms with Gasteiger partial charge in [0.25, 0.3) is 0 Å². The predicted octanol–water partition coefficient (Wildman–Crippen LogP) is 3.39. The van der Waals surface area contributed by atoms with E-state index >= 15 is 0 Å². The lowest BCUT2D eigenvalue weighted by atomic mass is 9.80. The van der Waals surface area contributed by atoms with Gasteiger partial charge in [0.1, 0.15) is 0 Å². The summed E-state index contributed by atoms with van der Waals surface area (Å²) >= 11 is 6.06. The Hall–Kier alpha value is -2.84. The average molecular weight is 354 g/mol. The Labute approximate surface area is 150 Å². The van der Waals surface area contributed by atoms with Crippen molar-refractivity contribution in [1.29, 1.82) is 5.26 Å². The number of carbonyl (C=O) groups excluding carboxylic acids is 1. The molecule has 0 spiro atoms. The van der Waals surface area contributed by atoms with Crippen molar-refractivity contribution in [3.8, 4) is 6.07 Å². The highest BCUT2D eigenvalue weighted by molar-refractivity contribution is 6.20. The van der Waals surface area contributed by atoms with Crippen molar-refractivity contribution in [1.82, 2.24) is 10.3 Å². The zero-order valence-electron chi connectivity index (χ0n) is 13.8. The van der Waals surface area contributed by atoms with Crippen molar-refractivity contribution in [3.05, 3.63) is 64.6 Å². The van der Waals surface area contributed by atoms with Crippen LogP contribution in [0, 0.1) is 11.3 Å². The van der Waals surface area contributed by atoms with Gasteiger partial charge in [0, 0.05) is 23.0 Å². The van der Waals surface area contributed by atoms with Gasteiger partial charge in [-0.05, 0) is 24.6 Å². The highest BCUT2D eigenvalue weighted by Gasteiger charge is 2.35. The second-order valence-corrected chi connectivity index (χ2v) is 5.91. The smallest absolute Gasteiger partial charge is 0.336 e. The van der Waals surface area contributed by atoms with Crippen LogP contribution in [0.2, 0.25) is 0 Å². The molecule has 3 rings (SSSR count). The minimum absolute atomic E-state index is 0.111. The van der Waals surface area contributed by atoms with Crippen LogP contribution in [0.4, 0.5) is 0 Å². The second kappa shape index (κ2) is 6.96. The van der Waals surface area contributed by atoms with E-state index in [0.717, 1.165) is 16.5 Å². The van der Waals surface area contributed by atoms with Gasteiger partial charge in [-0.15, -0.1) is 11.6 Å². The molecule has 0 radical (unpaired) electrons. The lowest BCUT2D eigenvalue weighted by Gasteiger charge is -2.29. The van der Waals surface area contributed by atoms with E-state index in [9.17, 15) is 10.1 Å². The molecule has 1 N–H and O–H groups in total. The summed E-state index contributed by atoms with van der Waals surface area (Å²) in [6.07, 6.45) is 1.68. The fraction of sp³-hybridized carbons (Fsp3) is 0.211. The van der Waals surface area contributed by atoms with Gasteiger partial charge in [-0.3, -0.25) is 4.98 Å². The molecule has 0 saturated carbocycles. The Balaban J connectivity index is 2.34. The van der Waals surface area contributed by atoms with Crippen molar-refractivity contribution >= 4 is 28.5 Å². The number of hydrogen-bond acceptors (Lipinski definition) is 5. The van der Waals surface area contributed by atoms with E-state index in [2.05, 4.69) is 16.4 Å². The Morgan fingerprint density at radius 1 is 1.40 bits per heavy atom. The van der Waals surface area contributed by atoms with Crippen LogP contribution >= 0.6 is 11.6 Å². The molecule has 0 fully saturated rings. The van der Waals surface area contributed by atoms with Crippen LogP contribution in [-0.2, 0) is 9.53 Å². The number of esters is 1. The molecule has 1 aliphatic rings. The quantitative estimate of drug-likeness (QED) is 0.676. The Morgan fingerprint density at radius 2 is 2.16 bits per heavy atom. The predicted molar refractivity (Wildman–Crippen MR) is 95.7 cm³/mol. The molecule has 1 aromatic heterocycles. The van der Waals surface area contributed by atoms with Gasteiger partial charge in [0.05, 0.1) is 41.6 Å². The zero-order valence-corrected chi connectivity index (χ0v) is 14.6. The molecular formula is C19H16ClN3O2. The lowest BCUT2D eigenvalue weighted by molar-refractivity contribution is -0.136. The van der Waals surface area contributed by atoms with Gasteiger partial charge < -0.3 is 10.1 Å². The van der Waals surface area contributed by atoms with Crippen LogP contribution in [0.1, 0.15) is 18.4 Å². The van der Waals surface area contributed by atoms with Gasteiger partial charge in [0.2, 0.25) is 0 Å². The highest BCUT2D eigenvalue weighted by atomic mass is 35.5. The third kappa shape index (κ3) is 2.86. The molecule has 2 aromatic rings. The maximum Gasteiger partial charge on any atom is 0.336 e. The third-order valence-electron chi connectivity index (χ3n) is 4.30. The summed E-state index contributed by atoms with van der Waals surface area (Å²) < 4.78 is 4.97. The first-order valence-electron chi connectivity index (χ1n) is 7.71. The summed E-state index contributed by atoms with van der Waals surface area (Å²) in [5.74, 6) is -0.949. The number of ether oxygens (including phenoxy) is 1. The lowest BCUT2D eigenvalue weighted by Crippen LogP contribution is -2.30. The molecule has 0 aliphatic carbocycles.